The Labute approximate surface area is 105 Å². The van der Waals surface area contributed by atoms with Crippen molar-refractivity contribution in [2.45, 2.75) is 19.4 Å². The minimum absolute atomic E-state index is 0.106. The number of methoxy groups -OCH3 is 1. The van der Waals surface area contributed by atoms with Crippen LogP contribution in [0.25, 0.3) is 0 Å². The van der Waals surface area contributed by atoms with E-state index in [1.807, 2.05) is 0 Å². The van der Waals surface area contributed by atoms with Gasteiger partial charge in [-0.15, -0.1) is 0 Å². The Morgan fingerprint density at radius 1 is 1.17 bits per heavy atom. The van der Waals surface area contributed by atoms with Crippen LogP contribution in [0.2, 0.25) is 0 Å². The van der Waals surface area contributed by atoms with Gasteiger partial charge in [0.15, 0.2) is 0 Å². The van der Waals surface area contributed by atoms with Crippen LogP contribution in [0.15, 0.2) is 0 Å². The van der Waals surface area contributed by atoms with Gasteiger partial charge in [0.05, 0.1) is 12.5 Å². The highest BCUT2D eigenvalue weighted by Crippen LogP contribution is 1.94. The van der Waals surface area contributed by atoms with Gasteiger partial charge >= 0.3 is 12.0 Å². The highest BCUT2D eigenvalue weighted by atomic mass is 16.5. The number of rotatable bonds is 8. The average molecular weight is 261 g/mol. The predicted molar refractivity (Wildman–Crippen MR) is 63.1 cm³/mol. The molecule has 0 radical (unpaired) electrons. The molecule has 1 unspecified atom stereocenters. The fourth-order valence-electron chi connectivity index (χ4n) is 1.12. The highest BCUT2D eigenvalue weighted by molar-refractivity contribution is 5.74. The first kappa shape index (κ1) is 16.2. The largest absolute Gasteiger partial charge is 0.481 e. The Bertz CT molecular complexity index is 295. The second-order valence-corrected chi connectivity index (χ2v) is 3.58. The van der Waals surface area contributed by atoms with E-state index in [1.165, 1.54) is 14.0 Å². The van der Waals surface area contributed by atoms with Crippen molar-refractivity contribution in [3.8, 4) is 0 Å². The van der Waals surface area contributed by atoms with E-state index >= 15 is 0 Å². The molecule has 3 amide bonds. The molecule has 18 heavy (non-hydrogen) atoms. The van der Waals surface area contributed by atoms with Gasteiger partial charge in [-0.05, 0) is 0 Å². The van der Waals surface area contributed by atoms with Crippen LogP contribution in [0.1, 0.15) is 13.3 Å². The van der Waals surface area contributed by atoms with E-state index in [2.05, 4.69) is 16.0 Å². The molecular formula is C10H19N3O5. The molecular weight excluding hydrogens is 242 g/mol. The van der Waals surface area contributed by atoms with Crippen molar-refractivity contribution in [2.24, 2.45) is 0 Å². The summed E-state index contributed by atoms with van der Waals surface area (Å²) in [4.78, 5) is 32.2. The van der Waals surface area contributed by atoms with Gasteiger partial charge in [-0.1, -0.05) is 0 Å². The third-order valence-corrected chi connectivity index (χ3v) is 2.01. The number of ether oxygens (including phenoxy) is 1. The van der Waals surface area contributed by atoms with E-state index < -0.39 is 18.1 Å². The smallest absolute Gasteiger partial charge is 0.314 e. The van der Waals surface area contributed by atoms with Crippen LogP contribution in [0.3, 0.4) is 0 Å². The number of hydrogen-bond acceptors (Lipinski definition) is 4. The summed E-state index contributed by atoms with van der Waals surface area (Å²) in [5.41, 5.74) is 0. The molecule has 0 heterocycles. The Balaban J connectivity index is 3.67. The second-order valence-electron chi connectivity index (χ2n) is 3.58. The molecule has 0 aromatic carbocycles. The molecule has 8 heteroatoms. The molecule has 0 spiro atoms. The van der Waals surface area contributed by atoms with E-state index in [-0.39, 0.29) is 18.9 Å². The quantitative estimate of drug-likeness (QED) is 0.414. The Morgan fingerprint density at radius 3 is 2.28 bits per heavy atom. The van der Waals surface area contributed by atoms with Gasteiger partial charge in [-0.25, -0.2) is 4.79 Å². The number of nitrogens with one attached hydrogen (secondary N) is 3. The molecule has 0 rings (SSSR count). The third kappa shape index (κ3) is 9.40. The van der Waals surface area contributed by atoms with Crippen LogP contribution >= 0.6 is 0 Å². The van der Waals surface area contributed by atoms with Gasteiger partial charge in [0, 0.05) is 33.7 Å². The van der Waals surface area contributed by atoms with E-state index in [1.54, 1.807) is 0 Å². The summed E-state index contributed by atoms with van der Waals surface area (Å²) in [5, 5.41) is 16.1. The SMILES string of the molecule is COC(CNC(=O)NCCNC(C)=O)CC(=O)O. The molecule has 0 fully saturated rings. The summed E-state index contributed by atoms with van der Waals surface area (Å²) in [6.07, 6.45) is -0.744. The maximum Gasteiger partial charge on any atom is 0.314 e. The van der Waals surface area contributed by atoms with Gasteiger partial charge in [-0.2, -0.15) is 0 Å². The molecule has 0 aromatic rings. The second kappa shape index (κ2) is 9.23. The van der Waals surface area contributed by atoms with Crippen molar-refractivity contribution >= 4 is 17.9 Å². The molecule has 0 saturated heterocycles. The number of amides is 3. The zero-order chi connectivity index (χ0) is 14.0. The van der Waals surface area contributed by atoms with Crippen molar-refractivity contribution in [2.75, 3.05) is 26.7 Å². The minimum Gasteiger partial charge on any atom is -0.481 e. The van der Waals surface area contributed by atoms with Crippen LogP contribution in [0.4, 0.5) is 4.79 Å². The average Bonchev–Trinajstić information content (AvgIpc) is 2.29. The molecule has 4 N–H and O–H groups in total. The number of aliphatic carboxylic acids is 1. The van der Waals surface area contributed by atoms with Crippen molar-refractivity contribution in [1.29, 1.82) is 0 Å². The molecule has 8 nitrogen and oxygen atoms in total. The summed E-state index contributed by atoms with van der Waals surface area (Å²) >= 11 is 0. The maximum absolute atomic E-state index is 11.3. The maximum atomic E-state index is 11.3. The lowest BCUT2D eigenvalue weighted by atomic mass is 10.2. The topological polar surface area (TPSA) is 117 Å². The first-order valence-electron chi connectivity index (χ1n) is 5.46. The monoisotopic (exact) mass is 261 g/mol. The Hall–Kier alpha value is -1.83. The van der Waals surface area contributed by atoms with Crippen molar-refractivity contribution < 1.29 is 24.2 Å². The first-order valence-corrected chi connectivity index (χ1v) is 5.46. The Kier molecular flexibility index (Phi) is 8.29. The van der Waals surface area contributed by atoms with Crippen LogP contribution in [0.5, 0.6) is 0 Å². The lowest BCUT2D eigenvalue weighted by molar-refractivity contribution is -0.139. The van der Waals surface area contributed by atoms with E-state index in [0.717, 1.165) is 0 Å². The standard InChI is InChI=1S/C10H19N3O5/c1-7(14)11-3-4-12-10(17)13-6-8(18-2)5-9(15)16/h8H,3-6H2,1-2H3,(H,11,14)(H,15,16)(H2,12,13,17). The van der Waals surface area contributed by atoms with Crippen LogP contribution < -0.4 is 16.0 Å². The van der Waals surface area contributed by atoms with Gasteiger partial charge in [0.1, 0.15) is 0 Å². The number of carbonyl (C=O) groups is 3. The minimum atomic E-state index is -0.991. The van der Waals surface area contributed by atoms with Crippen molar-refractivity contribution in [1.82, 2.24) is 16.0 Å². The fraction of sp³-hybridized carbons (Fsp3) is 0.700. The summed E-state index contributed by atoms with van der Waals surface area (Å²) in [6.45, 7) is 2.12. The van der Waals surface area contributed by atoms with Gasteiger partial charge in [-0.3, -0.25) is 9.59 Å². The van der Waals surface area contributed by atoms with Gasteiger partial charge in [0.2, 0.25) is 5.91 Å². The van der Waals surface area contributed by atoms with Crippen LogP contribution in [-0.4, -0.2) is 55.9 Å². The fourth-order valence-corrected chi connectivity index (χ4v) is 1.12. The number of carboxylic acid groups (broad SMARTS) is 1. The predicted octanol–water partition coefficient (Wildman–Crippen LogP) is -1.09. The lowest BCUT2D eigenvalue weighted by Gasteiger charge is -2.14. The molecule has 0 saturated carbocycles. The first-order chi connectivity index (χ1) is 8.45. The number of carboxylic acids is 1. The highest BCUT2D eigenvalue weighted by Gasteiger charge is 2.13. The van der Waals surface area contributed by atoms with E-state index in [4.69, 9.17) is 9.84 Å². The summed E-state index contributed by atoms with van der Waals surface area (Å²) in [7, 11) is 1.38. The summed E-state index contributed by atoms with van der Waals surface area (Å²) in [5.74, 6) is -1.16. The summed E-state index contributed by atoms with van der Waals surface area (Å²) in [6, 6.07) is -0.437. The molecule has 0 aliphatic carbocycles. The Morgan fingerprint density at radius 2 is 1.78 bits per heavy atom. The zero-order valence-electron chi connectivity index (χ0n) is 10.5. The van der Waals surface area contributed by atoms with Crippen molar-refractivity contribution in [3.63, 3.8) is 0 Å². The van der Waals surface area contributed by atoms with E-state index in [9.17, 15) is 14.4 Å². The molecule has 0 bridgehead atoms. The molecule has 0 aromatic heterocycles. The molecule has 1 atom stereocenters. The normalized spacial score (nSPS) is 11.4. The van der Waals surface area contributed by atoms with Gasteiger partial charge < -0.3 is 25.8 Å². The molecule has 0 aliphatic rings. The number of urea groups is 1. The summed E-state index contributed by atoms with van der Waals surface area (Å²) < 4.78 is 4.89. The van der Waals surface area contributed by atoms with Crippen LogP contribution in [-0.2, 0) is 14.3 Å². The van der Waals surface area contributed by atoms with Crippen molar-refractivity contribution in [3.05, 3.63) is 0 Å². The molecule has 104 valence electrons. The number of hydrogen-bond donors (Lipinski definition) is 4. The van der Waals surface area contributed by atoms with Crippen LogP contribution in [0, 0.1) is 0 Å². The number of carbonyl (C=O) groups excluding carboxylic acids is 2. The zero-order valence-corrected chi connectivity index (χ0v) is 10.5. The van der Waals surface area contributed by atoms with Gasteiger partial charge in [0.25, 0.3) is 0 Å². The third-order valence-electron chi connectivity index (χ3n) is 2.01. The van der Waals surface area contributed by atoms with E-state index in [0.29, 0.717) is 13.1 Å². The lowest BCUT2D eigenvalue weighted by Crippen LogP contribution is -2.43. The molecule has 0 aliphatic heterocycles.